The number of rotatable bonds is 7. The Morgan fingerprint density at radius 2 is 1.72 bits per heavy atom. The second kappa shape index (κ2) is 8.97. The number of carbonyl (C=O) groups is 1. The highest BCUT2D eigenvalue weighted by Crippen LogP contribution is 2.35. The van der Waals surface area contributed by atoms with Gasteiger partial charge in [-0.2, -0.15) is 5.26 Å². The zero-order chi connectivity index (χ0) is 20.9. The molecular weight excluding hydrogens is 382 g/mol. The van der Waals surface area contributed by atoms with Crippen molar-refractivity contribution in [2.24, 2.45) is 5.92 Å². The fraction of sp³-hybridized carbons (Fsp3) is 0.261. The molecule has 0 fully saturated rings. The van der Waals surface area contributed by atoms with Crippen molar-refractivity contribution in [1.82, 2.24) is 10.3 Å². The van der Waals surface area contributed by atoms with Gasteiger partial charge in [0.1, 0.15) is 11.2 Å². The summed E-state index contributed by atoms with van der Waals surface area (Å²) in [5.74, 6) is 0.558. The maximum absolute atomic E-state index is 12.4. The van der Waals surface area contributed by atoms with Gasteiger partial charge in [-0.1, -0.05) is 86.3 Å². The van der Waals surface area contributed by atoms with Crippen LogP contribution in [0.4, 0.5) is 0 Å². The number of amides is 1. The van der Waals surface area contributed by atoms with Gasteiger partial charge in [0.05, 0.1) is 11.8 Å². The maximum Gasteiger partial charge on any atom is 0.257 e. The second-order valence-electron chi connectivity index (χ2n) is 7.20. The molecule has 0 radical (unpaired) electrons. The fourth-order valence-corrected chi connectivity index (χ4v) is 3.32. The van der Waals surface area contributed by atoms with Crippen molar-refractivity contribution in [2.45, 2.75) is 31.5 Å². The van der Waals surface area contributed by atoms with Crippen LogP contribution >= 0.6 is 11.8 Å². The van der Waals surface area contributed by atoms with E-state index in [2.05, 4.69) is 16.4 Å². The summed E-state index contributed by atoms with van der Waals surface area (Å²) in [6, 6.07) is 21.8. The maximum atomic E-state index is 12.4. The molecule has 0 aliphatic rings. The van der Waals surface area contributed by atoms with Crippen molar-refractivity contribution in [3.8, 4) is 28.7 Å². The summed E-state index contributed by atoms with van der Waals surface area (Å²) in [6.07, 6.45) is 0. The van der Waals surface area contributed by atoms with E-state index >= 15 is 0 Å². The number of thioether (sulfide) groups is 1. The van der Waals surface area contributed by atoms with Crippen LogP contribution in [-0.4, -0.2) is 22.2 Å². The quantitative estimate of drug-likeness (QED) is 0.550. The van der Waals surface area contributed by atoms with E-state index in [1.807, 2.05) is 74.5 Å². The van der Waals surface area contributed by atoms with Gasteiger partial charge in [0.15, 0.2) is 5.76 Å². The lowest BCUT2D eigenvalue weighted by molar-refractivity contribution is -0.120. The Morgan fingerprint density at radius 3 is 2.28 bits per heavy atom. The topological polar surface area (TPSA) is 78.9 Å². The highest BCUT2D eigenvalue weighted by atomic mass is 32.2. The van der Waals surface area contributed by atoms with Gasteiger partial charge in [-0.05, 0) is 12.8 Å². The molecule has 1 N–H and O–H groups in total. The van der Waals surface area contributed by atoms with Crippen LogP contribution in [-0.2, 0) is 4.79 Å². The number of nitrogens with one attached hydrogen (secondary N) is 1. The predicted molar refractivity (Wildman–Crippen MR) is 115 cm³/mol. The molecule has 1 atom stereocenters. The first-order valence-electron chi connectivity index (χ1n) is 9.39. The minimum absolute atomic E-state index is 0.00226. The molecular formula is C23H23N3O2S. The van der Waals surface area contributed by atoms with Crippen LogP contribution in [0.3, 0.4) is 0 Å². The van der Waals surface area contributed by atoms with Crippen LogP contribution < -0.4 is 5.32 Å². The largest absolute Gasteiger partial charge is 0.431 e. The summed E-state index contributed by atoms with van der Waals surface area (Å²) in [7, 11) is 0. The van der Waals surface area contributed by atoms with E-state index in [9.17, 15) is 10.1 Å². The van der Waals surface area contributed by atoms with Crippen molar-refractivity contribution in [2.75, 3.05) is 5.75 Å². The minimum atomic E-state index is -0.904. The average molecular weight is 406 g/mol. The molecule has 0 saturated heterocycles. The normalized spacial score (nSPS) is 12.9. The molecule has 6 heteroatoms. The lowest BCUT2D eigenvalue weighted by atomic mass is 9.90. The molecule has 0 aliphatic carbocycles. The van der Waals surface area contributed by atoms with Gasteiger partial charge in [-0.25, -0.2) is 4.98 Å². The summed E-state index contributed by atoms with van der Waals surface area (Å²) in [6.45, 7) is 5.54. The van der Waals surface area contributed by atoms with Crippen molar-refractivity contribution < 1.29 is 9.21 Å². The van der Waals surface area contributed by atoms with Crippen LogP contribution in [0.5, 0.6) is 0 Å². The van der Waals surface area contributed by atoms with Crippen LogP contribution in [0.25, 0.3) is 22.6 Å². The zero-order valence-electron chi connectivity index (χ0n) is 16.7. The first-order valence-corrected chi connectivity index (χ1v) is 10.4. The van der Waals surface area contributed by atoms with Crippen LogP contribution in [0.15, 0.2) is 70.3 Å². The number of hydrogen-bond acceptors (Lipinski definition) is 5. The third-order valence-corrected chi connectivity index (χ3v) is 5.63. The number of carbonyl (C=O) groups excluding carboxylic acids is 1. The Bertz CT molecular complexity index is 953. The van der Waals surface area contributed by atoms with Crippen molar-refractivity contribution >= 4 is 17.7 Å². The third kappa shape index (κ3) is 4.87. The van der Waals surface area contributed by atoms with Gasteiger partial charge in [0.25, 0.3) is 5.22 Å². The van der Waals surface area contributed by atoms with Crippen LogP contribution in [0, 0.1) is 17.2 Å². The van der Waals surface area contributed by atoms with E-state index in [-0.39, 0.29) is 17.6 Å². The zero-order valence-corrected chi connectivity index (χ0v) is 17.5. The number of hydrogen-bond donors (Lipinski definition) is 1. The summed E-state index contributed by atoms with van der Waals surface area (Å²) < 4.78 is 6.02. The van der Waals surface area contributed by atoms with Crippen LogP contribution in [0.1, 0.15) is 20.8 Å². The number of oxazole rings is 1. The van der Waals surface area contributed by atoms with E-state index < -0.39 is 5.54 Å². The van der Waals surface area contributed by atoms with Gasteiger partial charge < -0.3 is 9.73 Å². The van der Waals surface area contributed by atoms with Gasteiger partial charge in [-0.15, -0.1) is 0 Å². The molecule has 1 amide bonds. The second-order valence-corrected chi connectivity index (χ2v) is 8.12. The van der Waals surface area contributed by atoms with Gasteiger partial charge >= 0.3 is 0 Å². The molecule has 1 aromatic heterocycles. The number of nitriles is 1. The van der Waals surface area contributed by atoms with Crippen molar-refractivity contribution in [3.63, 3.8) is 0 Å². The first-order chi connectivity index (χ1) is 13.9. The molecule has 0 unspecified atom stereocenters. The van der Waals surface area contributed by atoms with E-state index in [1.54, 1.807) is 6.92 Å². The molecule has 0 aliphatic heterocycles. The number of nitrogens with zero attached hydrogens (tertiary/aromatic N) is 2. The Hall–Kier alpha value is -3.04. The first kappa shape index (κ1) is 20.7. The van der Waals surface area contributed by atoms with E-state index in [0.29, 0.717) is 11.0 Å². The Labute approximate surface area is 175 Å². The van der Waals surface area contributed by atoms with E-state index in [4.69, 9.17) is 4.42 Å². The molecule has 0 bridgehead atoms. The summed E-state index contributed by atoms with van der Waals surface area (Å²) in [5, 5.41) is 12.6. The van der Waals surface area contributed by atoms with E-state index in [1.165, 1.54) is 11.8 Å². The van der Waals surface area contributed by atoms with Gasteiger partial charge in [-0.3, -0.25) is 4.79 Å². The molecule has 148 valence electrons. The molecule has 0 spiro atoms. The van der Waals surface area contributed by atoms with Crippen molar-refractivity contribution in [1.29, 1.82) is 5.26 Å². The summed E-state index contributed by atoms with van der Waals surface area (Å²) in [4.78, 5) is 17.0. The summed E-state index contributed by atoms with van der Waals surface area (Å²) in [5.41, 5.74) is 1.71. The van der Waals surface area contributed by atoms with Gasteiger partial charge in [0, 0.05) is 11.1 Å². The minimum Gasteiger partial charge on any atom is -0.431 e. The van der Waals surface area contributed by atoms with Crippen LogP contribution in [0.2, 0.25) is 0 Å². The van der Waals surface area contributed by atoms with Crippen molar-refractivity contribution in [3.05, 3.63) is 60.7 Å². The molecule has 2 aromatic carbocycles. The number of aromatic nitrogens is 1. The van der Waals surface area contributed by atoms with Gasteiger partial charge in [0.2, 0.25) is 5.91 Å². The fourth-order valence-electron chi connectivity index (χ4n) is 2.69. The Balaban J connectivity index is 1.82. The molecule has 3 rings (SSSR count). The molecule has 1 heterocycles. The molecule has 0 saturated carbocycles. The number of benzene rings is 2. The smallest absolute Gasteiger partial charge is 0.257 e. The standard InChI is InChI=1S/C23H23N3O2S/c1-16(2)23(3,15-24)26-19(27)14-29-22-25-20(17-10-6-4-7-11-17)21(28-22)18-12-8-5-9-13-18/h4-13,16H,14H2,1-3H3,(H,26,27)/t23-/m1/s1. The molecule has 3 aromatic rings. The SMILES string of the molecule is CC(C)[C@@](C)(C#N)NC(=O)CSc1nc(-c2ccccc2)c(-c2ccccc2)o1. The average Bonchev–Trinajstić information content (AvgIpc) is 3.18. The summed E-state index contributed by atoms with van der Waals surface area (Å²) >= 11 is 1.22. The lowest BCUT2D eigenvalue weighted by Crippen LogP contribution is -2.49. The molecule has 29 heavy (non-hydrogen) atoms. The lowest BCUT2D eigenvalue weighted by Gasteiger charge is -2.27. The molecule has 5 nitrogen and oxygen atoms in total. The highest BCUT2D eigenvalue weighted by Gasteiger charge is 2.30. The van der Waals surface area contributed by atoms with E-state index in [0.717, 1.165) is 16.8 Å². The Morgan fingerprint density at radius 1 is 1.14 bits per heavy atom. The predicted octanol–water partition coefficient (Wildman–Crippen LogP) is 5.16. The highest BCUT2D eigenvalue weighted by molar-refractivity contribution is 7.99. The Kier molecular flexibility index (Phi) is 6.40. The monoisotopic (exact) mass is 405 g/mol. The third-order valence-electron chi connectivity index (χ3n) is 4.80.